The van der Waals surface area contributed by atoms with Crippen LogP contribution in [-0.4, -0.2) is 21.0 Å². The highest BCUT2D eigenvalue weighted by atomic mass is 32.2. The highest BCUT2D eigenvalue weighted by Crippen LogP contribution is 2.25. The first-order chi connectivity index (χ1) is 6.18. The molecule has 0 aromatic heterocycles. The van der Waals surface area contributed by atoms with Crippen LogP contribution in [0.4, 0.5) is 0 Å². The zero-order valence-electron chi connectivity index (χ0n) is 7.44. The lowest BCUT2D eigenvalue weighted by atomic mass is 10.1. The van der Waals surface area contributed by atoms with Crippen LogP contribution in [0.2, 0.25) is 0 Å². The Bertz CT molecular complexity index is 229. The van der Waals surface area contributed by atoms with E-state index in [0.717, 1.165) is 18.9 Å². The predicted molar refractivity (Wildman–Crippen MR) is 51.7 cm³/mol. The van der Waals surface area contributed by atoms with Crippen LogP contribution in [0.25, 0.3) is 0 Å². The molecule has 0 saturated heterocycles. The van der Waals surface area contributed by atoms with Gasteiger partial charge in [-0.15, -0.1) is 0 Å². The van der Waals surface area contributed by atoms with Gasteiger partial charge in [0.25, 0.3) is 0 Å². The lowest BCUT2D eigenvalue weighted by Gasteiger charge is -2.04. The normalized spacial score (nSPS) is 20.9. The Morgan fingerprint density at radius 1 is 1.46 bits per heavy atom. The molecule has 0 aliphatic heterocycles. The molecule has 1 unspecified atom stereocenters. The molecule has 0 heterocycles. The van der Waals surface area contributed by atoms with Gasteiger partial charge >= 0.3 is 5.97 Å². The maximum atomic E-state index is 11.3. The van der Waals surface area contributed by atoms with E-state index in [1.54, 1.807) is 0 Å². The van der Waals surface area contributed by atoms with Gasteiger partial charge in [0.1, 0.15) is 0 Å². The third-order valence-corrected chi connectivity index (χ3v) is 3.48. The minimum atomic E-state index is -1.09. The Balaban J connectivity index is 2.28. The Kier molecular flexibility index (Phi) is 4.15. The van der Waals surface area contributed by atoms with Gasteiger partial charge in [0, 0.05) is 28.0 Å². The molecule has 1 fully saturated rings. The first-order valence-corrected chi connectivity index (χ1v) is 5.85. The van der Waals surface area contributed by atoms with Crippen molar-refractivity contribution in [2.24, 2.45) is 5.92 Å². The van der Waals surface area contributed by atoms with Crippen molar-refractivity contribution < 1.29 is 14.1 Å². The van der Waals surface area contributed by atoms with Crippen LogP contribution in [0.15, 0.2) is 11.5 Å². The third-order valence-electron chi connectivity index (χ3n) is 2.24. The molecule has 1 N–H and O–H groups in total. The molecule has 1 atom stereocenters. The molecule has 0 aromatic carbocycles. The zero-order valence-corrected chi connectivity index (χ0v) is 8.26. The van der Waals surface area contributed by atoms with Crippen molar-refractivity contribution in [1.29, 1.82) is 0 Å². The van der Waals surface area contributed by atoms with E-state index < -0.39 is 16.8 Å². The molecule has 1 rings (SSSR count). The molecule has 1 saturated carbocycles. The summed E-state index contributed by atoms with van der Waals surface area (Å²) in [7, 11) is -1.09. The van der Waals surface area contributed by atoms with Crippen molar-refractivity contribution in [3.05, 3.63) is 11.5 Å². The number of carboxylic acid groups (broad SMARTS) is 1. The molecule has 74 valence electrons. The molecule has 1 aliphatic carbocycles. The number of hydrogen-bond acceptors (Lipinski definition) is 2. The fraction of sp³-hybridized carbons (Fsp3) is 0.667. The van der Waals surface area contributed by atoms with E-state index in [-0.39, 0.29) is 0 Å². The summed E-state index contributed by atoms with van der Waals surface area (Å²) >= 11 is 0. The van der Waals surface area contributed by atoms with Crippen LogP contribution in [0, 0.1) is 5.92 Å². The number of rotatable bonds is 4. The van der Waals surface area contributed by atoms with Gasteiger partial charge in [0.2, 0.25) is 0 Å². The average molecular weight is 202 g/mol. The number of aliphatic carboxylic acids is 1. The smallest absolute Gasteiger partial charge is 0.328 e. The second kappa shape index (κ2) is 5.17. The summed E-state index contributed by atoms with van der Waals surface area (Å²) in [5, 5.41) is 9.58. The molecular formula is C9H14O3S. The van der Waals surface area contributed by atoms with E-state index in [4.69, 9.17) is 5.11 Å². The molecule has 0 amide bonds. The summed E-state index contributed by atoms with van der Waals surface area (Å²) < 4.78 is 11.3. The van der Waals surface area contributed by atoms with Crippen LogP contribution < -0.4 is 0 Å². The predicted octanol–water partition coefficient (Wildman–Crippen LogP) is 1.52. The SMILES string of the molecule is O=C(O)/C=C/S(=O)CC1CCCC1. The van der Waals surface area contributed by atoms with Crippen LogP contribution >= 0.6 is 0 Å². The topological polar surface area (TPSA) is 54.4 Å². The summed E-state index contributed by atoms with van der Waals surface area (Å²) in [6.45, 7) is 0. The number of carbonyl (C=O) groups is 1. The monoisotopic (exact) mass is 202 g/mol. The molecule has 4 heteroatoms. The molecule has 0 aromatic rings. The van der Waals surface area contributed by atoms with Gasteiger partial charge in [-0.05, 0) is 18.8 Å². The minimum absolute atomic E-state index is 0.541. The second-order valence-corrected chi connectivity index (χ2v) is 4.71. The summed E-state index contributed by atoms with van der Waals surface area (Å²) in [6, 6.07) is 0. The molecular weight excluding hydrogens is 188 g/mol. The van der Waals surface area contributed by atoms with Gasteiger partial charge in [-0.2, -0.15) is 0 Å². The molecule has 0 spiro atoms. The lowest BCUT2D eigenvalue weighted by Crippen LogP contribution is -2.05. The minimum Gasteiger partial charge on any atom is -0.478 e. The van der Waals surface area contributed by atoms with Crippen LogP contribution in [0.5, 0.6) is 0 Å². The average Bonchev–Trinajstić information content (AvgIpc) is 2.53. The van der Waals surface area contributed by atoms with Gasteiger partial charge in [-0.3, -0.25) is 4.21 Å². The van der Waals surface area contributed by atoms with Crippen molar-refractivity contribution in [2.45, 2.75) is 25.7 Å². The highest BCUT2D eigenvalue weighted by molar-refractivity contribution is 7.88. The van der Waals surface area contributed by atoms with E-state index in [2.05, 4.69) is 0 Å². The lowest BCUT2D eigenvalue weighted by molar-refractivity contribution is -0.131. The zero-order chi connectivity index (χ0) is 9.68. The van der Waals surface area contributed by atoms with E-state index >= 15 is 0 Å². The molecule has 1 aliphatic rings. The maximum Gasteiger partial charge on any atom is 0.328 e. The van der Waals surface area contributed by atoms with E-state index in [9.17, 15) is 9.00 Å². The van der Waals surface area contributed by atoms with Crippen molar-refractivity contribution in [3.63, 3.8) is 0 Å². The van der Waals surface area contributed by atoms with Crippen molar-refractivity contribution >= 4 is 16.8 Å². The first-order valence-electron chi connectivity index (χ1n) is 4.47. The van der Waals surface area contributed by atoms with Gasteiger partial charge < -0.3 is 5.11 Å². The maximum absolute atomic E-state index is 11.3. The summed E-state index contributed by atoms with van der Waals surface area (Å²) in [5.41, 5.74) is 0. The first kappa shape index (κ1) is 10.4. The molecule has 13 heavy (non-hydrogen) atoms. The second-order valence-electron chi connectivity index (χ2n) is 3.34. The van der Waals surface area contributed by atoms with E-state index in [1.165, 1.54) is 18.2 Å². The van der Waals surface area contributed by atoms with E-state index in [1.807, 2.05) is 0 Å². The largest absolute Gasteiger partial charge is 0.478 e. The number of carboxylic acids is 1. The van der Waals surface area contributed by atoms with Crippen LogP contribution in [0.3, 0.4) is 0 Å². The van der Waals surface area contributed by atoms with Gasteiger partial charge in [0.15, 0.2) is 0 Å². The summed E-state index contributed by atoms with van der Waals surface area (Å²) in [4.78, 5) is 10.1. The van der Waals surface area contributed by atoms with Gasteiger partial charge in [-0.25, -0.2) is 4.79 Å². The van der Waals surface area contributed by atoms with Crippen molar-refractivity contribution in [2.75, 3.05) is 5.75 Å². The Hall–Kier alpha value is -0.640. The standard InChI is InChI=1S/C9H14O3S/c10-9(11)5-6-13(12)7-8-3-1-2-4-8/h5-6,8H,1-4,7H2,(H,10,11)/b6-5+. The molecule has 0 bridgehead atoms. The highest BCUT2D eigenvalue weighted by Gasteiger charge is 2.16. The van der Waals surface area contributed by atoms with E-state index in [0.29, 0.717) is 11.7 Å². The number of hydrogen-bond donors (Lipinski definition) is 1. The quantitative estimate of drug-likeness (QED) is 0.703. The molecule has 0 radical (unpaired) electrons. The Morgan fingerprint density at radius 3 is 2.62 bits per heavy atom. The van der Waals surface area contributed by atoms with Crippen molar-refractivity contribution in [1.82, 2.24) is 0 Å². The summed E-state index contributed by atoms with van der Waals surface area (Å²) in [6.07, 6.45) is 5.71. The fourth-order valence-corrected chi connectivity index (χ4v) is 2.78. The summed E-state index contributed by atoms with van der Waals surface area (Å²) in [5.74, 6) is 0.142. The third kappa shape index (κ3) is 4.22. The van der Waals surface area contributed by atoms with Gasteiger partial charge in [-0.1, -0.05) is 12.8 Å². The van der Waals surface area contributed by atoms with Crippen LogP contribution in [-0.2, 0) is 15.6 Å². The van der Waals surface area contributed by atoms with Crippen LogP contribution in [0.1, 0.15) is 25.7 Å². The van der Waals surface area contributed by atoms with Crippen molar-refractivity contribution in [3.8, 4) is 0 Å². The fourth-order valence-electron chi connectivity index (χ4n) is 1.60. The van der Waals surface area contributed by atoms with Gasteiger partial charge in [0.05, 0.1) is 0 Å². The molecule has 3 nitrogen and oxygen atoms in total. The Morgan fingerprint density at radius 2 is 2.08 bits per heavy atom. The Labute approximate surface area is 80.3 Å².